The van der Waals surface area contributed by atoms with Gasteiger partial charge in [0.15, 0.2) is 6.29 Å². The molecule has 9 nitrogen and oxygen atoms in total. The lowest BCUT2D eigenvalue weighted by Gasteiger charge is -2.40. The van der Waals surface area contributed by atoms with E-state index in [2.05, 4.69) is 5.32 Å². The molecular formula is C16H27NO8. The van der Waals surface area contributed by atoms with Crippen molar-refractivity contribution in [2.45, 2.75) is 71.2 Å². The van der Waals surface area contributed by atoms with Crippen LogP contribution in [0.15, 0.2) is 0 Å². The van der Waals surface area contributed by atoms with Crippen LogP contribution in [0.1, 0.15) is 41.0 Å². The number of hydrogen-bond donors (Lipinski definition) is 1. The van der Waals surface area contributed by atoms with E-state index < -0.39 is 48.2 Å². The van der Waals surface area contributed by atoms with E-state index in [0.29, 0.717) is 0 Å². The fraction of sp³-hybridized carbons (Fsp3) is 0.812. The lowest BCUT2D eigenvalue weighted by atomic mass is 10.0. The smallest absolute Gasteiger partial charge is 0.408 e. The number of hydrogen-bond acceptors (Lipinski definition) is 8. The summed E-state index contributed by atoms with van der Waals surface area (Å²) in [5, 5.41) is 2.65. The third-order valence-corrected chi connectivity index (χ3v) is 3.24. The van der Waals surface area contributed by atoms with Gasteiger partial charge in [0.1, 0.15) is 24.4 Å². The molecule has 25 heavy (non-hydrogen) atoms. The summed E-state index contributed by atoms with van der Waals surface area (Å²) >= 11 is 0. The first-order valence-electron chi connectivity index (χ1n) is 8.00. The quantitative estimate of drug-likeness (QED) is 0.573. The SMILES string of the molecule is COC1O[C@@H](COC(C)=O)[C@H](OC(C)=O)C[C@H]1NC(=O)OC(C)(C)C. The number of carbonyl (C=O) groups excluding carboxylic acids is 3. The van der Waals surface area contributed by atoms with Gasteiger partial charge in [0, 0.05) is 27.4 Å². The van der Waals surface area contributed by atoms with Gasteiger partial charge in [-0.25, -0.2) is 4.79 Å². The Labute approximate surface area is 147 Å². The van der Waals surface area contributed by atoms with Crippen molar-refractivity contribution >= 4 is 18.0 Å². The van der Waals surface area contributed by atoms with Crippen molar-refractivity contribution in [3.05, 3.63) is 0 Å². The van der Waals surface area contributed by atoms with Gasteiger partial charge in [-0.15, -0.1) is 0 Å². The normalized spacial score (nSPS) is 26.5. The summed E-state index contributed by atoms with van der Waals surface area (Å²) < 4.78 is 26.3. The number of rotatable bonds is 5. The number of amides is 1. The highest BCUT2D eigenvalue weighted by Gasteiger charge is 2.41. The summed E-state index contributed by atoms with van der Waals surface area (Å²) in [6, 6.07) is -0.599. The van der Waals surface area contributed by atoms with E-state index in [4.69, 9.17) is 23.7 Å². The number of esters is 2. The summed E-state index contributed by atoms with van der Waals surface area (Å²) in [5.74, 6) is -0.985. The molecule has 1 aliphatic heterocycles. The largest absolute Gasteiger partial charge is 0.463 e. The van der Waals surface area contributed by atoms with Crippen LogP contribution < -0.4 is 5.32 Å². The molecular weight excluding hydrogens is 334 g/mol. The maximum Gasteiger partial charge on any atom is 0.408 e. The van der Waals surface area contributed by atoms with E-state index in [1.165, 1.54) is 21.0 Å². The first-order chi connectivity index (χ1) is 11.5. The molecule has 0 aromatic carbocycles. The zero-order valence-electron chi connectivity index (χ0n) is 15.5. The van der Waals surface area contributed by atoms with Gasteiger partial charge in [-0.3, -0.25) is 9.59 Å². The van der Waals surface area contributed by atoms with E-state index in [9.17, 15) is 14.4 Å². The van der Waals surface area contributed by atoms with Crippen LogP contribution in [-0.2, 0) is 33.3 Å². The van der Waals surface area contributed by atoms with Crippen LogP contribution in [0.4, 0.5) is 4.79 Å². The van der Waals surface area contributed by atoms with Crippen LogP contribution >= 0.6 is 0 Å². The van der Waals surface area contributed by atoms with Gasteiger partial charge >= 0.3 is 18.0 Å². The number of nitrogens with one attached hydrogen (secondary N) is 1. The van der Waals surface area contributed by atoms with Gasteiger partial charge in [-0.2, -0.15) is 0 Å². The van der Waals surface area contributed by atoms with E-state index in [-0.39, 0.29) is 13.0 Å². The predicted octanol–water partition coefficient (Wildman–Crippen LogP) is 1.14. The Morgan fingerprint density at radius 2 is 1.80 bits per heavy atom. The van der Waals surface area contributed by atoms with E-state index in [1.54, 1.807) is 20.8 Å². The van der Waals surface area contributed by atoms with Crippen molar-refractivity contribution < 1.29 is 38.1 Å². The molecule has 0 aromatic rings. The molecule has 0 saturated carbocycles. The lowest BCUT2D eigenvalue weighted by Crippen LogP contribution is -2.57. The van der Waals surface area contributed by atoms with E-state index in [1.807, 2.05) is 0 Å². The summed E-state index contributed by atoms with van der Waals surface area (Å²) in [5.41, 5.74) is -0.657. The zero-order chi connectivity index (χ0) is 19.2. The average molecular weight is 361 g/mol. The first-order valence-corrected chi connectivity index (χ1v) is 8.00. The molecule has 1 amide bonds. The molecule has 0 spiro atoms. The van der Waals surface area contributed by atoms with Crippen LogP contribution in [-0.4, -0.2) is 61.9 Å². The fourth-order valence-electron chi connectivity index (χ4n) is 2.36. The molecule has 1 aliphatic rings. The Balaban J connectivity index is 2.80. The van der Waals surface area contributed by atoms with Crippen LogP contribution in [0.3, 0.4) is 0 Å². The average Bonchev–Trinajstić information content (AvgIpc) is 2.43. The highest BCUT2D eigenvalue weighted by Crippen LogP contribution is 2.24. The molecule has 1 rings (SSSR count). The van der Waals surface area contributed by atoms with Gasteiger partial charge < -0.3 is 29.0 Å². The van der Waals surface area contributed by atoms with Crippen LogP contribution in [0, 0.1) is 0 Å². The van der Waals surface area contributed by atoms with E-state index in [0.717, 1.165) is 0 Å². The third-order valence-electron chi connectivity index (χ3n) is 3.24. The van der Waals surface area contributed by atoms with Gasteiger partial charge in [-0.05, 0) is 20.8 Å². The molecule has 1 unspecified atom stereocenters. The maximum atomic E-state index is 12.0. The molecule has 4 atom stereocenters. The number of carbonyl (C=O) groups is 3. The predicted molar refractivity (Wildman–Crippen MR) is 85.6 cm³/mol. The van der Waals surface area contributed by atoms with Gasteiger partial charge in [0.25, 0.3) is 0 Å². The summed E-state index contributed by atoms with van der Waals surface area (Å²) in [6.45, 7) is 7.68. The van der Waals surface area contributed by atoms with Crippen LogP contribution in [0.2, 0.25) is 0 Å². The summed E-state index contributed by atoms with van der Waals surface area (Å²) in [6.07, 6.45) is -2.62. The summed E-state index contributed by atoms with van der Waals surface area (Å²) in [4.78, 5) is 34.3. The maximum absolute atomic E-state index is 12.0. The standard InChI is InChI=1S/C16H27NO8/c1-9(18)22-8-13-12(23-10(2)19)7-11(14(21-6)24-13)17-15(20)25-16(3,4)5/h11-14H,7-8H2,1-6H3,(H,17,20)/t11-,12-,13+,14?/m1/s1. The second-order valence-corrected chi connectivity index (χ2v) is 6.72. The van der Waals surface area contributed by atoms with E-state index >= 15 is 0 Å². The minimum atomic E-state index is -0.806. The molecule has 0 radical (unpaired) electrons. The number of ether oxygens (including phenoxy) is 5. The lowest BCUT2D eigenvalue weighted by molar-refractivity contribution is -0.239. The van der Waals surface area contributed by atoms with Crippen LogP contribution in [0.5, 0.6) is 0 Å². The summed E-state index contributed by atoms with van der Waals surface area (Å²) in [7, 11) is 1.42. The fourth-order valence-corrected chi connectivity index (χ4v) is 2.36. The van der Waals surface area contributed by atoms with Gasteiger partial charge in [0.05, 0.1) is 6.04 Å². The second kappa shape index (κ2) is 9.00. The zero-order valence-corrected chi connectivity index (χ0v) is 15.5. The van der Waals surface area contributed by atoms with Crippen molar-refractivity contribution in [2.75, 3.05) is 13.7 Å². The van der Waals surface area contributed by atoms with Crippen LogP contribution in [0.25, 0.3) is 0 Å². The highest BCUT2D eigenvalue weighted by atomic mass is 16.7. The Morgan fingerprint density at radius 3 is 2.28 bits per heavy atom. The van der Waals surface area contributed by atoms with Crippen molar-refractivity contribution in [1.29, 1.82) is 0 Å². The molecule has 144 valence electrons. The number of methoxy groups -OCH3 is 1. The first kappa shape index (κ1) is 21.2. The topological polar surface area (TPSA) is 109 Å². The number of alkyl carbamates (subject to hydrolysis) is 1. The molecule has 9 heteroatoms. The monoisotopic (exact) mass is 361 g/mol. The van der Waals surface area contributed by atoms with Crippen molar-refractivity contribution in [3.63, 3.8) is 0 Å². The Kier molecular flexibility index (Phi) is 7.62. The Bertz CT molecular complexity index is 487. The Morgan fingerprint density at radius 1 is 1.16 bits per heavy atom. The van der Waals surface area contributed by atoms with Crippen molar-refractivity contribution in [1.82, 2.24) is 5.32 Å². The molecule has 1 fully saturated rings. The Hall–Kier alpha value is -1.87. The molecule has 0 aromatic heterocycles. The third kappa shape index (κ3) is 7.70. The molecule has 0 aliphatic carbocycles. The second-order valence-electron chi connectivity index (χ2n) is 6.72. The molecule has 1 N–H and O–H groups in total. The van der Waals surface area contributed by atoms with Gasteiger partial charge in [0.2, 0.25) is 0 Å². The van der Waals surface area contributed by atoms with Gasteiger partial charge in [-0.1, -0.05) is 0 Å². The van der Waals surface area contributed by atoms with Crippen molar-refractivity contribution in [2.24, 2.45) is 0 Å². The molecule has 1 heterocycles. The minimum absolute atomic E-state index is 0.0910. The highest BCUT2D eigenvalue weighted by molar-refractivity contribution is 5.68. The minimum Gasteiger partial charge on any atom is -0.463 e. The molecule has 0 bridgehead atoms. The molecule has 1 saturated heterocycles. The van der Waals surface area contributed by atoms with Crippen molar-refractivity contribution in [3.8, 4) is 0 Å².